The Kier molecular flexibility index (Phi) is 5.20. The highest BCUT2D eigenvalue weighted by atomic mass is 15.1. The minimum Gasteiger partial charge on any atom is -0.349 e. The van der Waals surface area contributed by atoms with Crippen molar-refractivity contribution in [3.63, 3.8) is 0 Å². The molecule has 0 bridgehead atoms. The second-order valence-corrected chi connectivity index (χ2v) is 5.32. The van der Waals surface area contributed by atoms with Crippen molar-refractivity contribution in [3.05, 3.63) is 18.2 Å². The summed E-state index contributed by atoms with van der Waals surface area (Å²) in [4.78, 5) is 9.96. The molecule has 1 aromatic heterocycles. The first-order chi connectivity index (χ1) is 8.79. The maximum Gasteiger partial charge on any atom is 0.107 e. The van der Waals surface area contributed by atoms with Crippen LogP contribution in [-0.2, 0) is 6.42 Å². The molecule has 0 aromatic carbocycles. The number of rotatable bonds is 6. The molecule has 4 heteroatoms. The number of likely N-dealkylation sites (tertiary alicyclic amines) is 1. The van der Waals surface area contributed by atoms with Crippen LogP contribution in [-0.4, -0.2) is 47.1 Å². The second kappa shape index (κ2) is 6.90. The van der Waals surface area contributed by atoms with Gasteiger partial charge in [-0.1, -0.05) is 6.92 Å². The molecule has 0 saturated carbocycles. The molecule has 2 rings (SSSR count). The van der Waals surface area contributed by atoms with Crippen molar-refractivity contribution < 1.29 is 0 Å². The predicted octanol–water partition coefficient (Wildman–Crippen LogP) is 1.66. The minimum atomic E-state index is 0.606. The first-order valence-corrected chi connectivity index (χ1v) is 7.23. The van der Waals surface area contributed by atoms with Gasteiger partial charge in [0.1, 0.15) is 5.82 Å². The second-order valence-electron chi connectivity index (χ2n) is 5.32. The van der Waals surface area contributed by atoms with Crippen LogP contribution in [0.5, 0.6) is 0 Å². The van der Waals surface area contributed by atoms with Crippen molar-refractivity contribution >= 4 is 0 Å². The van der Waals surface area contributed by atoms with Gasteiger partial charge in [-0.25, -0.2) is 4.98 Å². The summed E-state index contributed by atoms with van der Waals surface area (Å²) in [7, 11) is 0. The van der Waals surface area contributed by atoms with E-state index in [2.05, 4.69) is 34.0 Å². The van der Waals surface area contributed by atoms with Gasteiger partial charge in [0.25, 0.3) is 0 Å². The fraction of sp³-hybridized carbons (Fsp3) is 0.786. The number of aromatic nitrogens is 2. The molecule has 1 aliphatic rings. The molecule has 2 N–H and O–H groups in total. The monoisotopic (exact) mass is 250 g/mol. The van der Waals surface area contributed by atoms with Crippen molar-refractivity contribution in [2.75, 3.05) is 26.2 Å². The molecular weight excluding hydrogens is 224 g/mol. The number of hydrogen-bond acceptors (Lipinski definition) is 3. The normalized spacial score (nSPS) is 23.1. The van der Waals surface area contributed by atoms with Crippen molar-refractivity contribution in [3.8, 4) is 0 Å². The Balaban J connectivity index is 1.68. The zero-order chi connectivity index (χ0) is 12.8. The van der Waals surface area contributed by atoms with Crippen molar-refractivity contribution in [2.24, 2.45) is 5.92 Å². The number of hydrogen-bond donors (Lipinski definition) is 2. The van der Waals surface area contributed by atoms with Gasteiger partial charge >= 0.3 is 0 Å². The SMILES string of the molecule is CCN1CCCC(C(C)NCCc2ncc[nH]2)C1. The summed E-state index contributed by atoms with van der Waals surface area (Å²) in [5, 5.41) is 3.65. The van der Waals surface area contributed by atoms with E-state index in [1.165, 1.54) is 32.5 Å². The van der Waals surface area contributed by atoms with Crippen LogP contribution >= 0.6 is 0 Å². The number of piperidine rings is 1. The molecule has 2 heterocycles. The van der Waals surface area contributed by atoms with Gasteiger partial charge in [-0.3, -0.25) is 0 Å². The Morgan fingerprint density at radius 3 is 3.22 bits per heavy atom. The van der Waals surface area contributed by atoms with Gasteiger partial charge in [0.15, 0.2) is 0 Å². The van der Waals surface area contributed by atoms with E-state index in [1.54, 1.807) is 0 Å². The lowest BCUT2D eigenvalue weighted by molar-refractivity contribution is 0.157. The first-order valence-electron chi connectivity index (χ1n) is 7.23. The van der Waals surface area contributed by atoms with Crippen molar-refractivity contribution in [2.45, 2.75) is 39.2 Å². The molecule has 102 valence electrons. The predicted molar refractivity (Wildman–Crippen MR) is 74.6 cm³/mol. The van der Waals surface area contributed by atoms with Gasteiger partial charge in [-0.05, 0) is 38.8 Å². The maximum absolute atomic E-state index is 4.25. The molecule has 1 saturated heterocycles. The van der Waals surface area contributed by atoms with E-state index in [9.17, 15) is 0 Å². The van der Waals surface area contributed by atoms with Gasteiger partial charge in [-0.15, -0.1) is 0 Å². The third kappa shape index (κ3) is 3.82. The van der Waals surface area contributed by atoms with E-state index in [0.29, 0.717) is 6.04 Å². The topological polar surface area (TPSA) is 44.0 Å². The number of H-pyrrole nitrogens is 1. The zero-order valence-electron chi connectivity index (χ0n) is 11.7. The van der Waals surface area contributed by atoms with E-state index in [1.807, 2.05) is 12.4 Å². The number of nitrogens with one attached hydrogen (secondary N) is 2. The lowest BCUT2D eigenvalue weighted by atomic mass is 9.91. The smallest absolute Gasteiger partial charge is 0.107 e. The molecule has 0 aliphatic carbocycles. The number of aromatic amines is 1. The molecule has 0 spiro atoms. The fourth-order valence-electron chi connectivity index (χ4n) is 2.81. The van der Waals surface area contributed by atoms with E-state index in [0.717, 1.165) is 24.7 Å². The molecule has 0 radical (unpaired) electrons. The summed E-state index contributed by atoms with van der Waals surface area (Å²) < 4.78 is 0. The lowest BCUT2D eigenvalue weighted by Crippen LogP contribution is -2.44. The maximum atomic E-state index is 4.25. The highest BCUT2D eigenvalue weighted by Gasteiger charge is 2.23. The summed E-state index contributed by atoms with van der Waals surface area (Å²) in [6, 6.07) is 0.606. The third-order valence-corrected chi connectivity index (χ3v) is 4.08. The molecule has 0 amide bonds. The van der Waals surface area contributed by atoms with Crippen LogP contribution < -0.4 is 5.32 Å². The van der Waals surface area contributed by atoms with Crippen molar-refractivity contribution in [1.82, 2.24) is 20.2 Å². The molecule has 1 fully saturated rings. The summed E-state index contributed by atoms with van der Waals surface area (Å²) in [6.45, 7) is 9.33. The average Bonchev–Trinajstić information content (AvgIpc) is 2.92. The first kappa shape index (κ1) is 13.6. The van der Waals surface area contributed by atoms with Crippen LogP contribution in [0.3, 0.4) is 0 Å². The van der Waals surface area contributed by atoms with Gasteiger partial charge < -0.3 is 15.2 Å². The Hall–Kier alpha value is -0.870. The molecule has 2 atom stereocenters. The zero-order valence-corrected chi connectivity index (χ0v) is 11.7. The van der Waals surface area contributed by atoms with E-state index >= 15 is 0 Å². The standard InChI is InChI=1S/C14H26N4/c1-3-18-10-4-5-13(11-18)12(2)15-7-6-14-16-8-9-17-14/h8-9,12-13,15H,3-7,10-11H2,1-2H3,(H,16,17). The Morgan fingerprint density at radius 2 is 2.50 bits per heavy atom. The Labute approximate surface area is 110 Å². The van der Waals surface area contributed by atoms with Gasteiger partial charge in [0.05, 0.1) is 0 Å². The van der Waals surface area contributed by atoms with Crippen LogP contribution in [0.4, 0.5) is 0 Å². The van der Waals surface area contributed by atoms with E-state index < -0.39 is 0 Å². The lowest BCUT2D eigenvalue weighted by Gasteiger charge is -2.35. The fourth-order valence-corrected chi connectivity index (χ4v) is 2.81. The number of nitrogens with zero attached hydrogens (tertiary/aromatic N) is 2. The third-order valence-electron chi connectivity index (χ3n) is 4.08. The van der Waals surface area contributed by atoms with Gasteiger partial charge in [0, 0.05) is 37.9 Å². The van der Waals surface area contributed by atoms with Crippen LogP contribution in [0, 0.1) is 5.92 Å². The molecule has 1 aromatic rings. The summed E-state index contributed by atoms with van der Waals surface area (Å²) in [6.07, 6.45) is 7.41. The van der Waals surface area contributed by atoms with Gasteiger partial charge in [0.2, 0.25) is 0 Å². The minimum absolute atomic E-state index is 0.606. The molecule has 4 nitrogen and oxygen atoms in total. The number of imidazole rings is 1. The van der Waals surface area contributed by atoms with Crippen LogP contribution in [0.25, 0.3) is 0 Å². The molecule has 2 unspecified atom stereocenters. The summed E-state index contributed by atoms with van der Waals surface area (Å²) in [5.41, 5.74) is 0. The highest BCUT2D eigenvalue weighted by Crippen LogP contribution is 2.19. The molecule has 18 heavy (non-hydrogen) atoms. The highest BCUT2D eigenvalue weighted by molar-refractivity contribution is 4.88. The van der Waals surface area contributed by atoms with Crippen LogP contribution in [0.1, 0.15) is 32.5 Å². The van der Waals surface area contributed by atoms with Crippen LogP contribution in [0.2, 0.25) is 0 Å². The Morgan fingerprint density at radius 1 is 1.61 bits per heavy atom. The average molecular weight is 250 g/mol. The summed E-state index contributed by atoms with van der Waals surface area (Å²) in [5.74, 6) is 1.88. The van der Waals surface area contributed by atoms with Gasteiger partial charge in [-0.2, -0.15) is 0 Å². The van der Waals surface area contributed by atoms with E-state index in [4.69, 9.17) is 0 Å². The van der Waals surface area contributed by atoms with E-state index in [-0.39, 0.29) is 0 Å². The molecular formula is C14H26N4. The van der Waals surface area contributed by atoms with Crippen molar-refractivity contribution in [1.29, 1.82) is 0 Å². The quantitative estimate of drug-likeness (QED) is 0.807. The molecule has 1 aliphatic heterocycles. The largest absolute Gasteiger partial charge is 0.349 e. The summed E-state index contributed by atoms with van der Waals surface area (Å²) >= 11 is 0. The van der Waals surface area contributed by atoms with Crippen LogP contribution in [0.15, 0.2) is 12.4 Å². The Bertz CT molecular complexity index is 323.